The van der Waals surface area contributed by atoms with Crippen molar-refractivity contribution in [2.24, 2.45) is 4.99 Å². The maximum absolute atomic E-state index is 4.19. The molecule has 0 saturated heterocycles. The number of aliphatic imine (C=N–C) groups is 1. The van der Waals surface area contributed by atoms with E-state index in [4.69, 9.17) is 0 Å². The normalized spacial score (nSPS) is 18.2. The van der Waals surface area contributed by atoms with Gasteiger partial charge in [0, 0.05) is 18.3 Å². The second kappa shape index (κ2) is 2.12. The van der Waals surface area contributed by atoms with Crippen LogP contribution >= 0.6 is 0 Å². The summed E-state index contributed by atoms with van der Waals surface area (Å²) >= 11 is 0. The largest absolute Gasteiger partial charge is 0.265 e. The summed E-state index contributed by atoms with van der Waals surface area (Å²) in [6.45, 7) is 4.26. The third-order valence-corrected chi connectivity index (χ3v) is 1.36. The van der Waals surface area contributed by atoms with Crippen LogP contribution in [0.2, 0.25) is 0 Å². The number of rotatable bonds is 1. The summed E-state index contributed by atoms with van der Waals surface area (Å²) in [7, 11) is 0. The summed E-state index contributed by atoms with van der Waals surface area (Å²) < 4.78 is 0. The molecule has 1 heterocycles. The first-order valence-electron chi connectivity index (χ1n) is 3.04. The van der Waals surface area contributed by atoms with Crippen LogP contribution in [0.1, 0.15) is 26.7 Å². The SMILES string of the molecule is CCC1=NC=C(C)C1. The molecule has 1 nitrogen and oxygen atoms in total. The van der Waals surface area contributed by atoms with Gasteiger partial charge in [0.15, 0.2) is 0 Å². The smallest absolute Gasteiger partial charge is 0.0260 e. The first-order chi connectivity index (χ1) is 3.83. The van der Waals surface area contributed by atoms with Gasteiger partial charge in [-0.05, 0) is 18.9 Å². The van der Waals surface area contributed by atoms with Crippen molar-refractivity contribution in [3.05, 3.63) is 11.8 Å². The molecule has 0 fully saturated rings. The van der Waals surface area contributed by atoms with Crippen LogP contribution in [0.5, 0.6) is 0 Å². The summed E-state index contributed by atoms with van der Waals surface area (Å²) in [5.74, 6) is 0. The van der Waals surface area contributed by atoms with E-state index in [-0.39, 0.29) is 0 Å². The van der Waals surface area contributed by atoms with Crippen molar-refractivity contribution in [1.82, 2.24) is 0 Å². The van der Waals surface area contributed by atoms with E-state index in [1.54, 1.807) is 0 Å². The molecule has 1 aliphatic rings. The fraction of sp³-hybridized carbons (Fsp3) is 0.571. The molecule has 0 N–H and O–H groups in total. The van der Waals surface area contributed by atoms with Crippen molar-refractivity contribution >= 4 is 5.71 Å². The number of hydrogen-bond donors (Lipinski definition) is 0. The van der Waals surface area contributed by atoms with Crippen LogP contribution in [0.25, 0.3) is 0 Å². The molecular formula is C7H11N. The molecular weight excluding hydrogens is 98.1 g/mol. The topological polar surface area (TPSA) is 12.4 Å². The highest BCUT2D eigenvalue weighted by Gasteiger charge is 2.01. The first kappa shape index (κ1) is 5.54. The van der Waals surface area contributed by atoms with Gasteiger partial charge in [-0.25, -0.2) is 0 Å². The molecule has 0 saturated carbocycles. The van der Waals surface area contributed by atoms with Gasteiger partial charge < -0.3 is 0 Å². The predicted molar refractivity (Wildman–Crippen MR) is 36.1 cm³/mol. The fourth-order valence-corrected chi connectivity index (χ4v) is 0.831. The molecule has 0 spiro atoms. The summed E-state index contributed by atoms with van der Waals surface area (Å²) in [5.41, 5.74) is 2.71. The van der Waals surface area contributed by atoms with Crippen molar-refractivity contribution < 1.29 is 0 Å². The molecule has 0 radical (unpaired) electrons. The van der Waals surface area contributed by atoms with Gasteiger partial charge in [-0.2, -0.15) is 0 Å². The molecule has 1 rings (SSSR count). The maximum atomic E-state index is 4.19. The van der Waals surface area contributed by atoms with Gasteiger partial charge in [0.1, 0.15) is 0 Å². The monoisotopic (exact) mass is 109 g/mol. The second-order valence-corrected chi connectivity index (χ2v) is 2.20. The van der Waals surface area contributed by atoms with E-state index in [2.05, 4.69) is 18.8 Å². The van der Waals surface area contributed by atoms with E-state index >= 15 is 0 Å². The Kier molecular flexibility index (Phi) is 1.47. The van der Waals surface area contributed by atoms with E-state index < -0.39 is 0 Å². The van der Waals surface area contributed by atoms with Gasteiger partial charge in [0.25, 0.3) is 0 Å². The van der Waals surface area contributed by atoms with Crippen molar-refractivity contribution in [3.8, 4) is 0 Å². The Balaban J connectivity index is 2.49. The summed E-state index contributed by atoms with van der Waals surface area (Å²) in [4.78, 5) is 4.19. The Morgan fingerprint density at radius 2 is 2.50 bits per heavy atom. The van der Waals surface area contributed by atoms with Crippen LogP contribution in [0.3, 0.4) is 0 Å². The zero-order valence-corrected chi connectivity index (χ0v) is 5.44. The summed E-state index contributed by atoms with van der Waals surface area (Å²) in [6.07, 6.45) is 4.17. The molecule has 0 bridgehead atoms. The minimum Gasteiger partial charge on any atom is -0.265 e. The van der Waals surface area contributed by atoms with Gasteiger partial charge in [-0.15, -0.1) is 0 Å². The third-order valence-electron chi connectivity index (χ3n) is 1.36. The Morgan fingerprint density at radius 1 is 1.75 bits per heavy atom. The van der Waals surface area contributed by atoms with Gasteiger partial charge >= 0.3 is 0 Å². The first-order valence-corrected chi connectivity index (χ1v) is 3.04. The van der Waals surface area contributed by atoms with Crippen LogP contribution in [0.4, 0.5) is 0 Å². The standard InChI is InChI=1S/C7H11N/c1-3-7-4-6(2)5-8-7/h5H,3-4H2,1-2H3. The van der Waals surface area contributed by atoms with Crippen molar-refractivity contribution in [1.29, 1.82) is 0 Å². The minimum absolute atomic E-state index is 1.10. The van der Waals surface area contributed by atoms with Crippen LogP contribution in [0, 0.1) is 0 Å². The van der Waals surface area contributed by atoms with E-state index in [0.29, 0.717) is 0 Å². The fourth-order valence-electron chi connectivity index (χ4n) is 0.831. The Bertz CT molecular complexity index is 142. The molecule has 0 unspecified atom stereocenters. The lowest BCUT2D eigenvalue weighted by Crippen LogP contribution is -1.89. The summed E-state index contributed by atoms with van der Waals surface area (Å²) in [6, 6.07) is 0. The molecule has 0 aliphatic carbocycles. The lowest BCUT2D eigenvalue weighted by Gasteiger charge is -1.90. The average molecular weight is 109 g/mol. The van der Waals surface area contributed by atoms with E-state index in [9.17, 15) is 0 Å². The summed E-state index contributed by atoms with van der Waals surface area (Å²) in [5, 5.41) is 0. The molecule has 0 amide bonds. The van der Waals surface area contributed by atoms with Crippen LogP contribution in [-0.2, 0) is 0 Å². The molecule has 44 valence electrons. The molecule has 0 atom stereocenters. The minimum atomic E-state index is 1.10. The number of nitrogens with zero attached hydrogens (tertiary/aromatic N) is 1. The lowest BCUT2D eigenvalue weighted by atomic mass is 10.1. The van der Waals surface area contributed by atoms with E-state index in [1.165, 1.54) is 11.3 Å². The average Bonchev–Trinajstić information content (AvgIpc) is 2.14. The molecule has 1 aliphatic heterocycles. The zero-order valence-electron chi connectivity index (χ0n) is 5.44. The number of hydrogen-bond acceptors (Lipinski definition) is 1. The molecule has 0 aromatic heterocycles. The van der Waals surface area contributed by atoms with Crippen LogP contribution in [-0.4, -0.2) is 5.71 Å². The quantitative estimate of drug-likeness (QED) is 0.489. The van der Waals surface area contributed by atoms with Crippen molar-refractivity contribution in [2.75, 3.05) is 0 Å². The molecule has 8 heavy (non-hydrogen) atoms. The molecule has 0 aromatic rings. The van der Waals surface area contributed by atoms with Crippen LogP contribution < -0.4 is 0 Å². The maximum Gasteiger partial charge on any atom is 0.0260 e. The third kappa shape index (κ3) is 0.971. The van der Waals surface area contributed by atoms with Gasteiger partial charge in [0.2, 0.25) is 0 Å². The Hall–Kier alpha value is -0.590. The Labute approximate surface area is 50.1 Å². The predicted octanol–water partition coefficient (Wildman–Crippen LogP) is 2.14. The van der Waals surface area contributed by atoms with E-state index in [0.717, 1.165) is 12.8 Å². The molecule has 0 aromatic carbocycles. The zero-order chi connectivity index (χ0) is 5.98. The van der Waals surface area contributed by atoms with Crippen molar-refractivity contribution in [3.63, 3.8) is 0 Å². The molecule has 1 heteroatoms. The highest BCUT2D eigenvalue weighted by Crippen LogP contribution is 2.11. The van der Waals surface area contributed by atoms with Gasteiger partial charge in [-0.1, -0.05) is 6.92 Å². The van der Waals surface area contributed by atoms with Crippen LogP contribution in [0.15, 0.2) is 16.8 Å². The Morgan fingerprint density at radius 3 is 2.75 bits per heavy atom. The van der Waals surface area contributed by atoms with Crippen molar-refractivity contribution in [2.45, 2.75) is 26.7 Å². The van der Waals surface area contributed by atoms with Gasteiger partial charge in [-0.3, -0.25) is 4.99 Å². The van der Waals surface area contributed by atoms with E-state index in [1.807, 2.05) is 6.20 Å². The highest BCUT2D eigenvalue weighted by molar-refractivity contribution is 5.88. The lowest BCUT2D eigenvalue weighted by molar-refractivity contribution is 1.20. The highest BCUT2D eigenvalue weighted by atomic mass is 14.7. The second-order valence-electron chi connectivity index (χ2n) is 2.20. The number of allylic oxidation sites excluding steroid dienone is 1. The van der Waals surface area contributed by atoms with Gasteiger partial charge in [0.05, 0.1) is 0 Å².